The van der Waals surface area contributed by atoms with Crippen LogP contribution in [0.5, 0.6) is 0 Å². The zero-order valence-electron chi connectivity index (χ0n) is 22.0. The highest BCUT2D eigenvalue weighted by Crippen LogP contribution is 2.41. The number of imide groups is 1. The van der Waals surface area contributed by atoms with Gasteiger partial charge in [0, 0.05) is 16.3 Å². The van der Waals surface area contributed by atoms with E-state index in [1.807, 2.05) is 75.4 Å². The van der Waals surface area contributed by atoms with Crippen molar-refractivity contribution in [3.63, 3.8) is 0 Å². The van der Waals surface area contributed by atoms with E-state index in [-0.39, 0.29) is 11.8 Å². The molecule has 0 spiro atoms. The molecule has 1 aliphatic rings. The van der Waals surface area contributed by atoms with Crippen molar-refractivity contribution < 1.29 is 9.59 Å². The van der Waals surface area contributed by atoms with E-state index in [1.165, 1.54) is 4.90 Å². The van der Waals surface area contributed by atoms with Crippen LogP contribution in [0.2, 0.25) is 0 Å². The Bertz CT molecular complexity index is 1960. The first-order chi connectivity index (χ1) is 19.0. The predicted molar refractivity (Wildman–Crippen MR) is 158 cm³/mol. The minimum Gasteiger partial charge on any atom is -0.308 e. The fourth-order valence-electron chi connectivity index (χ4n) is 6.30. The molecule has 0 radical (unpaired) electrons. The first-order valence-corrected chi connectivity index (χ1v) is 13.1. The van der Waals surface area contributed by atoms with Gasteiger partial charge < -0.3 is 4.57 Å². The SMILES string of the molecule is Cc1cc(C)c(N2C(=O)c3cccc(-n4c5ccccc5c5cccc(-c6ccccc6)c54)c3C2=O)c(C)c1. The summed E-state index contributed by atoms with van der Waals surface area (Å²) in [6, 6.07) is 34.5. The van der Waals surface area contributed by atoms with Gasteiger partial charge in [-0.2, -0.15) is 0 Å². The molecule has 5 aromatic carbocycles. The van der Waals surface area contributed by atoms with Crippen LogP contribution in [0.15, 0.2) is 103 Å². The maximum absolute atomic E-state index is 14.2. The van der Waals surface area contributed by atoms with Crippen LogP contribution in [0.25, 0.3) is 38.6 Å². The van der Waals surface area contributed by atoms with Gasteiger partial charge in [0.2, 0.25) is 0 Å². The number of fused-ring (bicyclic) bond motifs is 4. The molecule has 0 N–H and O–H groups in total. The second-order valence-electron chi connectivity index (χ2n) is 10.3. The van der Waals surface area contributed by atoms with Gasteiger partial charge in [0.05, 0.1) is 33.5 Å². The summed E-state index contributed by atoms with van der Waals surface area (Å²) < 4.78 is 2.16. The lowest BCUT2D eigenvalue weighted by molar-refractivity contribution is 0.0925. The van der Waals surface area contributed by atoms with Gasteiger partial charge in [-0.05, 0) is 55.7 Å². The van der Waals surface area contributed by atoms with Crippen LogP contribution in [-0.2, 0) is 0 Å². The molecule has 0 aliphatic carbocycles. The maximum atomic E-state index is 14.2. The number of carbonyl (C=O) groups is 2. The van der Waals surface area contributed by atoms with Crippen LogP contribution in [0.1, 0.15) is 37.4 Å². The molecule has 1 aliphatic heterocycles. The fraction of sp³-hybridized carbons (Fsp3) is 0.0857. The molecule has 0 bridgehead atoms. The number of para-hydroxylation sites is 2. The normalized spacial score (nSPS) is 13.1. The van der Waals surface area contributed by atoms with Gasteiger partial charge in [-0.3, -0.25) is 9.59 Å². The summed E-state index contributed by atoms with van der Waals surface area (Å²) in [6.07, 6.45) is 0. The van der Waals surface area contributed by atoms with E-state index in [0.717, 1.165) is 49.6 Å². The summed E-state index contributed by atoms with van der Waals surface area (Å²) in [5, 5.41) is 2.20. The minimum atomic E-state index is -0.288. The van der Waals surface area contributed by atoms with E-state index in [9.17, 15) is 9.59 Å². The zero-order valence-corrected chi connectivity index (χ0v) is 22.0. The Morgan fingerprint density at radius 1 is 0.590 bits per heavy atom. The standard InChI is InChI=1S/C35H26N2O2/c1-21-19-22(2)32(23(3)20-21)37-34(38)28-16-10-18-30(31(28)35(37)39)36-29-17-8-7-13-26(29)27-15-9-14-25(33(27)36)24-11-5-4-6-12-24/h4-20H,1-3H3. The van der Waals surface area contributed by atoms with Gasteiger partial charge in [0.1, 0.15) is 0 Å². The minimum absolute atomic E-state index is 0.282. The third-order valence-corrected chi connectivity index (χ3v) is 7.77. The fourth-order valence-corrected chi connectivity index (χ4v) is 6.30. The van der Waals surface area contributed by atoms with E-state index in [4.69, 9.17) is 0 Å². The number of hydrogen-bond donors (Lipinski definition) is 0. The molecular formula is C35H26N2O2. The number of hydrogen-bond acceptors (Lipinski definition) is 2. The van der Waals surface area contributed by atoms with Crippen molar-refractivity contribution >= 4 is 39.3 Å². The van der Waals surface area contributed by atoms with Crippen LogP contribution >= 0.6 is 0 Å². The predicted octanol–water partition coefficient (Wildman–Crippen LogP) is 8.18. The molecule has 1 aromatic heterocycles. The van der Waals surface area contributed by atoms with Crippen LogP contribution in [0.3, 0.4) is 0 Å². The molecule has 6 aromatic rings. The van der Waals surface area contributed by atoms with Crippen LogP contribution in [0, 0.1) is 20.8 Å². The zero-order chi connectivity index (χ0) is 26.8. The third kappa shape index (κ3) is 3.31. The molecule has 0 saturated carbocycles. The molecule has 0 fully saturated rings. The van der Waals surface area contributed by atoms with Crippen LogP contribution in [0.4, 0.5) is 5.69 Å². The molecule has 0 unspecified atom stereocenters. The van der Waals surface area contributed by atoms with Crippen molar-refractivity contribution in [3.05, 3.63) is 131 Å². The van der Waals surface area contributed by atoms with Crippen molar-refractivity contribution in [2.75, 3.05) is 4.90 Å². The van der Waals surface area contributed by atoms with Crippen molar-refractivity contribution in [3.8, 4) is 16.8 Å². The van der Waals surface area contributed by atoms with Gasteiger partial charge in [-0.1, -0.05) is 90.5 Å². The summed E-state index contributed by atoms with van der Waals surface area (Å²) in [4.78, 5) is 29.4. The van der Waals surface area contributed by atoms with Crippen molar-refractivity contribution in [1.29, 1.82) is 0 Å². The average molecular weight is 507 g/mol. The van der Waals surface area contributed by atoms with Gasteiger partial charge >= 0.3 is 0 Å². The monoisotopic (exact) mass is 506 g/mol. The molecule has 7 rings (SSSR count). The van der Waals surface area contributed by atoms with E-state index in [1.54, 1.807) is 6.07 Å². The third-order valence-electron chi connectivity index (χ3n) is 7.77. The average Bonchev–Trinajstić information content (AvgIpc) is 3.41. The number of amides is 2. The van der Waals surface area contributed by atoms with Crippen LogP contribution < -0.4 is 4.90 Å². The summed E-state index contributed by atoms with van der Waals surface area (Å²) in [7, 11) is 0. The Labute approximate surface area is 226 Å². The lowest BCUT2D eigenvalue weighted by atomic mass is 10.0. The Morgan fingerprint density at radius 2 is 1.23 bits per heavy atom. The second kappa shape index (κ2) is 8.53. The molecule has 188 valence electrons. The van der Waals surface area contributed by atoms with Gasteiger partial charge in [0.25, 0.3) is 11.8 Å². The summed E-state index contributed by atoms with van der Waals surface area (Å²) >= 11 is 0. The van der Waals surface area contributed by atoms with Crippen molar-refractivity contribution in [2.24, 2.45) is 0 Å². The lowest BCUT2D eigenvalue weighted by Gasteiger charge is -2.20. The van der Waals surface area contributed by atoms with Gasteiger partial charge in [-0.25, -0.2) is 4.90 Å². The number of nitrogens with zero attached hydrogens (tertiary/aromatic N) is 2. The largest absolute Gasteiger partial charge is 0.308 e. The molecule has 2 amide bonds. The Hall–Kier alpha value is -4.96. The quantitative estimate of drug-likeness (QED) is 0.227. The summed E-state index contributed by atoms with van der Waals surface area (Å²) in [6.45, 7) is 5.94. The molecule has 39 heavy (non-hydrogen) atoms. The molecule has 2 heterocycles. The van der Waals surface area contributed by atoms with E-state index in [0.29, 0.717) is 22.5 Å². The summed E-state index contributed by atoms with van der Waals surface area (Å²) in [5.74, 6) is -0.570. The first-order valence-electron chi connectivity index (χ1n) is 13.1. The molecule has 4 nitrogen and oxygen atoms in total. The highest BCUT2D eigenvalue weighted by Gasteiger charge is 2.40. The van der Waals surface area contributed by atoms with Crippen molar-refractivity contribution in [2.45, 2.75) is 20.8 Å². The van der Waals surface area contributed by atoms with E-state index < -0.39 is 0 Å². The number of benzene rings is 5. The molecule has 4 heteroatoms. The van der Waals surface area contributed by atoms with E-state index in [2.05, 4.69) is 47.0 Å². The Kier molecular flexibility index (Phi) is 5.07. The first kappa shape index (κ1) is 23.2. The summed E-state index contributed by atoms with van der Waals surface area (Å²) in [5.41, 5.74) is 9.34. The molecule has 0 saturated heterocycles. The number of aromatic nitrogens is 1. The highest BCUT2D eigenvalue weighted by molar-refractivity contribution is 6.36. The van der Waals surface area contributed by atoms with Gasteiger partial charge in [0.15, 0.2) is 0 Å². The maximum Gasteiger partial charge on any atom is 0.268 e. The Morgan fingerprint density at radius 3 is 2.00 bits per heavy atom. The topological polar surface area (TPSA) is 42.3 Å². The van der Waals surface area contributed by atoms with E-state index >= 15 is 0 Å². The van der Waals surface area contributed by atoms with Crippen molar-refractivity contribution in [1.82, 2.24) is 4.57 Å². The van der Waals surface area contributed by atoms with Gasteiger partial charge in [-0.15, -0.1) is 0 Å². The number of anilines is 1. The smallest absolute Gasteiger partial charge is 0.268 e. The lowest BCUT2D eigenvalue weighted by Crippen LogP contribution is -2.31. The number of aryl methyl sites for hydroxylation is 3. The highest BCUT2D eigenvalue weighted by atomic mass is 16.2. The molecular weight excluding hydrogens is 480 g/mol. The number of carbonyl (C=O) groups excluding carboxylic acids is 2. The number of rotatable bonds is 3. The van der Waals surface area contributed by atoms with Crippen LogP contribution in [-0.4, -0.2) is 16.4 Å². The second-order valence-corrected chi connectivity index (χ2v) is 10.3. The Balaban J connectivity index is 1.54. The molecule has 0 atom stereocenters.